The summed E-state index contributed by atoms with van der Waals surface area (Å²) >= 11 is 1.61. The van der Waals surface area contributed by atoms with Crippen LogP contribution < -0.4 is 25.0 Å². The van der Waals surface area contributed by atoms with Crippen LogP contribution in [0.1, 0.15) is 19.5 Å². The predicted molar refractivity (Wildman–Crippen MR) is 109 cm³/mol. The van der Waals surface area contributed by atoms with Crippen molar-refractivity contribution in [2.24, 2.45) is 4.99 Å². The molecule has 1 aromatic carbocycles. The average molecular weight is 378 g/mol. The lowest BCUT2D eigenvalue weighted by atomic mass is 10.2. The van der Waals surface area contributed by atoms with Crippen molar-refractivity contribution in [3.05, 3.63) is 29.3 Å². The molecule has 2 N–H and O–H groups in total. The zero-order valence-corrected chi connectivity index (χ0v) is 16.8. The second kappa shape index (κ2) is 9.86. The quantitative estimate of drug-likeness (QED) is 0.544. The molecule has 0 atom stereocenters. The molecule has 0 saturated carbocycles. The number of aromatic nitrogens is 1. The molecule has 1 aromatic heterocycles. The molecule has 0 amide bonds. The van der Waals surface area contributed by atoms with Crippen molar-refractivity contribution in [2.75, 3.05) is 44.6 Å². The minimum Gasteiger partial charge on any atom is -0.493 e. The van der Waals surface area contributed by atoms with Crippen LogP contribution >= 0.6 is 11.3 Å². The average Bonchev–Trinajstić information content (AvgIpc) is 3.10. The van der Waals surface area contributed by atoms with E-state index in [1.165, 1.54) is 0 Å². The normalized spacial score (nSPS) is 11.2. The smallest absolute Gasteiger partial charge is 0.196 e. The van der Waals surface area contributed by atoms with E-state index in [1.807, 2.05) is 56.4 Å². The van der Waals surface area contributed by atoms with Gasteiger partial charge in [-0.05, 0) is 26.0 Å². The van der Waals surface area contributed by atoms with E-state index in [0.717, 1.165) is 28.8 Å². The molecule has 8 heteroatoms. The highest BCUT2D eigenvalue weighted by atomic mass is 32.1. The molecule has 142 valence electrons. The summed E-state index contributed by atoms with van der Waals surface area (Å²) in [5.41, 5.74) is 1.82. The molecule has 0 aliphatic rings. The molecule has 1 heterocycles. The van der Waals surface area contributed by atoms with Crippen LogP contribution in [0.25, 0.3) is 0 Å². The number of ether oxygens (including phenoxy) is 2. The fourth-order valence-electron chi connectivity index (χ4n) is 2.20. The van der Waals surface area contributed by atoms with Crippen LogP contribution in [0.4, 0.5) is 10.8 Å². The first-order valence-corrected chi connectivity index (χ1v) is 9.43. The Morgan fingerprint density at radius 2 is 2.08 bits per heavy atom. The molecule has 0 saturated heterocycles. The van der Waals surface area contributed by atoms with Crippen molar-refractivity contribution < 1.29 is 9.47 Å². The lowest BCUT2D eigenvalue weighted by Crippen LogP contribution is -2.30. The van der Waals surface area contributed by atoms with Crippen LogP contribution in [0.2, 0.25) is 0 Å². The molecule has 2 aromatic rings. The number of methoxy groups -OCH3 is 1. The Labute approximate surface area is 159 Å². The third-order valence-electron chi connectivity index (χ3n) is 3.39. The molecule has 0 spiro atoms. The van der Waals surface area contributed by atoms with E-state index in [-0.39, 0.29) is 0 Å². The van der Waals surface area contributed by atoms with Crippen LogP contribution in [0.5, 0.6) is 11.5 Å². The van der Waals surface area contributed by atoms with E-state index < -0.39 is 0 Å². The van der Waals surface area contributed by atoms with E-state index in [9.17, 15) is 0 Å². The predicted octanol–water partition coefficient (Wildman–Crippen LogP) is 3.19. The fourth-order valence-corrected chi connectivity index (χ4v) is 2.95. The van der Waals surface area contributed by atoms with Gasteiger partial charge in [0.15, 0.2) is 22.6 Å². The Kier molecular flexibility index (Phi) is 7.53. The molecule has 2 rings (SSSR count). The zero-order chi connectivity index (χ0) is 18.9. The number of benzene rings is 1. The Hall–Kier alpha value is -2.48. The number of hydrogen-bond donors (Lipinski definition) is 2. The lowest BCUT2D eigenvalue weighted by Gasteiger charge is -2.14. The van der Waals surface area contributed by atoms with Gasteiger partial charge in [-0.1, -0.05) is 0 Å². The molecule has 7 nitrogen and oxygen atoms in total. The van der Waals surface area contributed by atoms with Crippen LogP contribution in [-0.4, -0.2) is 45.3 Å². The van der Waals surface area contributed by atoms with Gasteiger partial charge in [0, 0.05) is 37.8 Å². The van der Waals surface area contributed by atoms with E-state index in [4.69, 9.17) is 9.47 Å². The van der Waals surface area contributed by atoms with Gasteiger partial charge in [0.05, 0.1) is 26.0 Å². The number of anilines is 2. The van der Waals surface area contributed by atoms with E-state index in [1.54, 1.807) is 18.4 Å². The van der Waals surface area contributed by atoms with Crippen LogP contribution in [0.3, 0.4) is 0 Å². The van der Waals surface area contributed by atoms with Crippen molar-refractivity contribution >= 4 is 28.1 Å². The maximum absolute atomic E-state index is 5.55. The maximum atomic E-state index is 5.55. The topological polar surface area (TPSA) is 71.0 Å². The van der Waals surface area contributed by atoms with Crippen molar-refractivity contribution in [1.82, 2.24) is 10.3 Å². The fraction of sp³-hybridized carbons (Fsp3) is 0.444. The van der Waals surface area contributed by atoms with Crippen LogP contribution in [-0.2, 0) is 6.54 Å². The first kappa shape index (κ1) is 19.8. The van der Waals surface area contributed by atoms with Gasteiger partial charge in [-0.25, -0.2) is 9.98 Å². The summed E-state index contributed by atoms with van der Waals surface area (Å²) in [5, 5.41) is 9.54. The number of rotatable bonds is 8. The number of aliphatic imine (C=N–C) groups is 1. The van der Waals surface area contributed by atoms with Crippen LogP contribution in [0, 0.1) is 0 Å². The lowest BCUT2D eigenvalue weighted by molar-refractivity contribution is 0.311. The number of thiazole rings is 1. The molecule has 0 radical (unpaired) electrons. The first-order valence-electron chi connectivity index (χ1n) is 8.55. The molecule has 0 aliphatic carbocycles. The van der Waals surface area contributed by atoms with Gasteiger partial charge in [-0.15, -0.1) is 11.3 Å². The van der Waals surface area contributed by atoms with Gasteiger partial charge in [0.2, 0.25) is 0 Å². The van der Waals surface area contributed by atoms with Crippen molar-refractivity contribution in [2.45, 2.75) is 20.4 Å². The third kappa shape index (κ3) is 5.52. The SMILES string of the molecule is CCNC(=NCc1csc(N(C)C)n1)Nc1ccc(OCC)c(OC)c1. The standard InChI is InChI=1S/C18H27N5O2S/c1-6-19-17(20-11-14-12-26-18(22-14)23(3)4)21-13-8-9-15(25-7-2)16(10-13)24-5/h8-10,12H,6-7,11H2,1-5H3,(H2,19,20,21). The molecule has 0 unspecified atom stereocenters. The Morgan fingerprint density at radius 3 is 2.69 bits per heavy atom. The number of guanidine groups is 1. The number of nitrogens with zero attached hydrogens (tertiary/aromatic N) is 3. The minimum atomic E-state index is 0.508. The highest BCUT2D eigenvalue weighted by molar-refractivity contribution is 7.13. The van der Waals surface area contributed by atoms with E-state index >= 15 is 0 Å². The second-order valence-corrected chi connectivity index (χ2v) is 6.47. The van der Waals surface area contributed by atoms with Crippen molar-refractivity contribution in [1.29, 1.82) is 0 Å². The van der Waals surface area contributed by atoms with Gasteiger partial charge in [0.25, 0.3) is 0 Å². The third-order valence-corrected chi connectivity index (χ3v) is 4.45. The summed E-state index contributed by atoms with van der Waals surface area (Å²) in [4.78, 5) is 11.2. The first-order chi connectivity index (χ1) is 12.6. The molecule has 0 bridgehead atoms. The zero-order valence-electron chi connectivity index (χ0n) is 16.0. The second-order valence-electron chi connectivity index (χ2n) is 5.63. The van der Waals surface area contributed by atoms with Gasteiger partial charge >= 0.3 is 0 Å². The van der Waals surface area contributed by atoms with E-state index in [2.05, 4.69) is 20.6 Å². The summed E-state index contributed by atoms with van der Waals surface area (Å²) in [6.45, 7) is 5.84. The van der Waals surface area contributed by atoms with Crippen LogP contribution in [0.15, 0.2) is 28.6 Å². The Balaban J connectivity index is 2.11. The largest absolute Gasteiger partial charge is 0.493 e. The highest BCUT2D eigenvalue weighted by Gasteiger charge is 2.08. The van der Waals surface area contributed by atoms with Gasteiger partial charge in [-0.2, -0.15) is 0 Å². The number of nitrogens with one attached hydrogen (secondary N) is 2. The molecular weight excluding hydrogens is 350 g/mol. The van der Waals surface area contributed by atoms with Crippen molar-refractivity contribution in [3.63, 3.8) is 0 Å². The Bertz CT molecular complexity index is 730. The molecule has 0 fully saturated rings. The van der Waals surface area contributed by atoms with Gasteiger partial charge in [0.1, 0.15) is 0 Å². The highest BCUT2D eigenvalue weighted by Crippen LogP contribution is 2.30. The molecular formula is C18H27N5O2S. The van der Waals surface area contributed by atoms with Gasteiger partial charge in [-0.3, -0.25) is 0 Å². The monoisotopic (exact) mass is 377 g/mol. The number of hydrogen-bond acceptors (Lipinski definition) is 6. The summed E-state index contributed by atoms with van der Waals surface area (Å²) in [6.07, 6.45) is 0. The van der Waals surface area contributed by atoms with E-state index in [0.29, 0.717) is 24.9 Å². The van der Waals surface area contributed by atoms with Gasteiger partial charge < -0.3 is 25.0 Å². The summed E-state index contributed by atoms with van der Waals surface area (Å²) in [7, 11) is 5.60. The Morgan fingerprint density at radius 1 is 1.27 bits per heavy atom. The summed E-state index contributed by atoms with van der Waals surface area (Å²) in [6, 6.07) is 5.72. The molecule has 0 aliphatic heterocycles. The van der Waals surface area contributed by atoms with Crippen molar-refractivity contribution in [3.8, 4) is 11.5 Å². The maximum Gasteiger partial charge on any atom is 0.196 e. The summed E-state index contributed by atoms with van der Waals surface area (Å²) in [5.74, 6) is 2.10. The minimum absolute atomic E-state index is 0.508. The molecule has 26 heavy (non-hydrogen) atoms. The summed E-state index contributed by atoms with van der Waals surface area (Å²) < 4.78 is 10.9.